The van der Waals surface area contributed by atoms with Gasteiger partial charge in [0.25, 0.3) is 0 Å². The molecule has 2 rings (SSSR count). The molecule has 0 aromatic heterocycles. The van der Waals surface area contributed by atoms with Crippen LogP contribution in [0.25, 0.3) is 0 Å². The average molecular weight is 326 g/mol. The predicted octanol–water partition coefficient (Wildman–Crippen LogP) is -0.262. The quantitative estimate of drug-likeness (QED) is 0.752. The minimum atomic E-state index is -3.58. The number of anilines is 1. The summed E-state index contributed by atoms with van der Waals surface area (Å²) in [5.41, 5.74) is 0.489. The molecule has 1 aliphatic carbocycles. The Morgan fingerprint density at radius 2 is 1.70 bits per heavy atom. The number of carbonyl (C=O) groups excluding carboxylic acids is 1. The Balaban J connectivity index is 0.00000200. The van der Waals surface area contributed by atoms with Gasteiger partial charge in [0.05, 0.1) is 5.25 Å². The van der Waals surface area contributed by atoms with E-state index >= 15 is 0 Å². The molecule has 0 spiro atoms. The molecule has 2 N–H and O–H groups in total. The van der Waals surface area contributed by atoms with Gasteiger partial charge in [-0.3, -0.25) is 0 Å². The molecule has 0 atom stereocenters. The van der Waals surface area contributed by atoms with E-state index in [0.29, 0.717) is 23.6 Å². The first-order chi connectivity index (χ1) is 8.97. The molecular weight excluding hydrogens is 311 g/mol. The Morgan fingerprint density at radius 3 is 2.25 bits per heavy atom. The largest absolute Gasteiger partial charge is 1.00 e. The van der Waals surface area contributed by atoms with Gasteiger partial charge in [-0.15, -0.1) is 0 Å². The minimum Gasteiger partial charge on any atom is -0.307 e. The smallest absolute Gasteiger partial charge is 0.307 e. The molecule has 1 saturated carbocycles. The number of hydrogen-bond donors (Lipinski definition) is 2. The predicted molar refractivity (Wildman–Crippen MR) is 74.8 cm³/mol. The van der Waals surface area contributed by atoms with Crippen molar-refractivity contribution in [1.82, 2.24) is 4.72 Å². The summed E-state index contributed by atoms with van der Waals surface area (Å²) in [6.07, 6.45) is 3.02. The van der Waals surface area contributed by atoms with Crippen molar-refractivity contribution in [3.05, 3.63) is 29.3 Å². The molecule has 20 heavy (non-hydrogen) atoms. The summed E-state index contributed by atoms with van der Waals surface area (Å²) in [5, 5.41) is 2.55. The SMILES string of the molecule is O=C(Nc1ccc(Cl)cc1)NS(=O)(=O)C1CCCC1.[Na+]. The number of amides is 2. The molecule has 8 heteroatoms. The second-order valence-corrected chi connectivity index (χ2v) is 6.91. The fourth-order valence-electron chi connectivity index (χ4n) is 2.10. The third-order valence-corrected chi connectivity index (χ3v) is 5.15. The molecular formula is C12H15ClN2NaO3S+. The van der Waals surface area contributed by atoms with Gasteiger partial charge in [0.2, 0.25) is 10.0 Å². The van der Waals surface area contributed by atoms with Crippen molar-refractivity contribution >= 4 is 33.3 Å². The molecule has 1 aromatic carbocycles. The normalized spacial score (nSPS) is 15.4. The monoisotopic (exact) mass is 325 g/mol. The fourth-order valence-corrected chi connectivity index (χ4v) is 3.66. The van der Waals surface area contributed by atoms with E-state index in [9.17, 15) is 13.2 Å². The zero-order valence-corrected chi connectivity index (χ0v) is 14.8. The van der Waals surface area contributed by atoms with Crippen LogP contribution in [-0.4, -0.2) is 19.7 Å². The van der Waals surface area contributed by atoms with Crippen LogP contribution in [0.5, 0.6) is 0 Å². The van der Waals surface area contributed by atoms with Gasteiger partial charge >= 0.3 is 35.6 Å². The van der Waals surface area contributed by atoms with Gasteiger partial charge in [-0.05, 0) is 37.1 Å². The summed E-state index contributed by atoms with van der Waals surface area (Å²) in [5.74, 6) is 0. The zero-order chi connectivity index (χ0) is 13.9. The summed E-state index contributed by atoms with van der Waals surface area (Å²) in [6.45, 7) is 0. The van der Waals surface area contributed by atoms with Crippen LogP contribution in [0, 0.1) is 0 Å². The molecule has 0 unspecified atom stereocenters. The Bertz CT molecular complexity index is 557. The number of carbonyl (C=O) groups is 1. The van der Waals surface area contributed by atoms with Crippen LogP contribution >= 0.6 is 11.6 Å². The zero-order valence-electron chi connectivity index (χ0n) is 11.2. The summed E-state index contributed by atoms with van der Waals surface area (Å²) in [6, 6.07) is 5.69. The molecule has 0 bridgehead atoms. The fraction of sp³-hybridized carbons (Fsp3) is 0.417. The van der Waals surface area contributed by atoms with Gasteiger partial charge in [-0.1, -0.05) is 24.4 Å². The summed E-state index contributed by atoms with van der Waals surface area (Å²) >= 11 is 5.72. The first kappa shape index (κ1) is 17.8. The number of halogens is 1. The maximum Gasteiger partial charge on any atom is 1.00 e. The van der Waals surface area contributed by atoms with E-state index in [4.69, 9.17) is 11.6 Å². The van der Waals surface area contributed by atoms with Gasteiger partial charge in [-0.2, -0.15) is 0 Å². The van der Waals surface area contributed by atoms with E-state index in [-0.39, 0.29) is 29.6 Å². The molecule has 0 heterocycles. The third-order valence-electron chi connectivity index (χ3n) is 3.08. The molecule has 5 nitrogen and oxygen atoms in total. The van der Waals surface area contributed by atoms with Crippen LogP contribution in [0.1, 0.15) is 25.7 Å². The number of sulfonamides is 1. The number of hydrogen-bond acceptors (Lipinski definition) is 3. The van der Waals surface area contributed by atoms with E-state index in [1.54, 1.807) is 24.3 Å². The Labute approximate surface area is 145 Å². The van der Waals surface area contributed by atoms with Crippen molar-refractivity contribution in [1.29, 1.82) is 0 Å². The molecule has 0 aliphatic heterocycles. The van der Waals surface area contributed by atoms with E-state index in [1.165, 1.54) is 0 Å². The van der Waals surface area contributed by atoms with E-state index in [1.807, 2.05) is 0 Å². The van der Waals surface area contributed by atoms with Crippen LogP contribution < -0.4 is 39.6 Å². The molecule has 0 saturated heterocycles. The Hall–Kier alpha value is -0.270. The van der Waals surface area contributed by atoms with Crippen LogP contribution in [0.4, 0.5) is 10.5 Å². The van der Waals surface area contributed by atoms with Crippen LogP contribution in [0.2, 0.25) is 5.02 Å². The maximum absolute atomic E-state index is 11.9. The van der Waals surface area contributed by atoms with Crippen molar-refractivity contribution in [2.24, 2.45) is 0 Å². The summed E-state index contributed by atoms with van der Waals surface area (Å²) < 4.78 is 25.8. The molecule has 1 fully saturated rings. The molecule has 2 amide bonds. The van der Waals surface area contributed by atoms with Crippen LogP contribution in [-0.2, 0) is 10.0 Å². The van der Waals surface area contributed by atoms with Gasteiger partial charge in [0.1, 0.15) is 0 Å². The topological polar surface area (TPSA) is 75.3 Å². The second-order valence-electron chi connectivity index (χ2n) is 4.51. The Kier molecular flexibility index (Phi) is 6.81. The van der Waals surface area contributed by atoms with Crippen molar-refractivity contribution in [2.75, 3.05) is 5.32 Å². The van der Waals surface area contributed by atoms with E-state index < -0.39 is 21.3 Å². The minimum absolute atomic E-state index is 0. The van der Waals surface area contributed by atoms with Gasteiger partial charge in [-0.25, -0.2) is 17.9 Å². The van der Waals surface area contributed by atoms with E-state index in [0.717, 1.165) is 12.8 Å². The van der Waals surface area contributed by atoms with E-state index in [2.05, 4.69) is 10.0 Å². The van der Waals surface area contributed by atoms with Crippen LogP contribution in [0.15, 0.2) is 24.3 Å². The van der Waals surface area contributed by atoms with Crippen LogP contribution in [0.3, 0.4) is 0 Å². The standard InChI is InChI=1S/C12H15ClN2O3S.Na/c13-9-5-7-10(8-6-9)14-12(16)15-19(17,18)11-3-1-2-4-11;/h5-8,11H,1-4H2,(H2,14,15,16);/q;+1. The van der Waals surface area contributed by atoms with Gasteiger partial charge in [0.15, 0.2) is 0 Å². The van der Waals surface area contributed by atoms with Crippen molar-refractivity contribution < 1.29 is 42.8 Å². The summed E-state index contributed by atoms with van der Waals surface area (Å²) in [7, 11) is -3.58. The Morgan fingerprint density at radius 1 is 1.15 bits per heavy atom. The van der Waals surface area contributed by atoms with Crippen molar-refractivity contribution in [2.45, 2.75) is 30.9 Å². The van der Waals surface area contributed by atoms with Gasteiger partial charge in [0, 0.05) is 10.7 Å². The summed E-state index contributed by atoms with van der Waals surface area (Å²) in [4.78, 5) is 11.6. The second kappa shape index (κ2) is 7.66. The number of rotatable bonds is 3. The number of nitrogens with one attached hydrogen (secondary N) is 2. The maximum atomic E-state index is 11.9. The third kappa shape index (κ3) is 4.93. The number of urea groups is 1. The molecule has 0 radical (unpaired) electrons. The van der Waals surface area contributed by atoms with Crippen molar-refractivity contribution in [3.63, 3.8) is 0 Å². The van der Waals surface area contributed by atoms with Crippen molar-refractivity contribution in [3.8, 4) is 0 Å². The molecule has 104 valence electrons. The molecule has 1 aliphatic rings. The first-order valence-electron chi connectivity index (χ1n) is 6.05. The average Bonchev–Trinajstić information content (AvgIpc) is 2.85. The molecule has 1 aromatic rings. The first-order valence-corrected chi connectivity index (χ1v) is 7.98. The number of benzene rings is 1. The van der Waals surface area contributed by atoms with Gasteiger partial charge < -0.3 is 5.32 Å².